The minimum atomic E-state index is -0.224. The summed E-state index contributed by atoms with van der Waals surface area (Å²) in [5.74, 6) is 0.367. The summed E-state index contributed by atoms with van der Waals surface area (Å²) in [6.45, 7) is 7.75. The van der Waals surface area contributed by atoms with Crippen LogP contribution in [-0.2, 0) is 4.79 Å². The van der Waals surface area contributed by atoms with Gasteiger partial charge < -0.3 is 0 Å². The molecule has 0 bridgehead atoms. The first-order chi connectivity index (χ1) is 4.89. The molecule has 0 rings (SSSR count). The van der Waals surface area contributed by atoms with Gasteiger partial charge in [0.1, 0.15) is 5.78 Å². The van der Waals surface area contributed by atoms with Gasteiger partial charge in [0.15, 0.2) is 0 Å². The van der Waals surface area contributed by atoms with Crippen LogP contribution in [0.25, 0.3) is 0 Å². The molecule has 0 aromatic carbocycles. The molecule has 0 saturated heterocycles. The Morgan fingerprint density at radius 3 is 2.27 bits per heavy atom. The summed E-state index contributed by atoms with van der Waals surface area (Å²) in [6, 6.07) is 0. The van der Waals surface area contributed by atoms with E-state index in [1.165, 1.54) is 0 Å². The Kier molecular flexibility index (Phi) is 3.87. The lowest BCUT2D eigenvalue weighted by Crippen LogP contribution is -2.26. The highest BCUT2D eigenvalue weighted by atomic mass is 32.1. The van der Waals surface area contributed by atoms with Crippen molar-refractivity contribution in [1.29, 1.82) is 0 Å². The summed E-state index contributed by atoms with van der Waals surface area (Å²) < 4.78 is 0. The summed E-state index contributed by atoms with van der Waals surface area (Å²) in [7, 11) is 0. The minimum absolute atomic E-state index is 0.0764. The molecule has 11 heavy (non-hydrogen) atoms. The van der Waals surface area contributed by atoms with Gasteiger partial charge in [-0.1, -0.05) is 39.9 Å². The molecule has 0 aliphatic carbocycles. The van der Waals surface area contributed by atoms with Crippen LogP contribution in [0.3, 0.4) is 0 Å². The Bertz CT molecular complexity index is 155. The minimum Gasteiger partial charge on any atom is -0.299 e. The third-order valence-corrected chi connectivity index (χ3v) is 1.83. The van der Waals surface area contributed by atoms with Crippen LogP contribution in [0.1, 0.15) is 34.1 Å². The number of carbonyl (C=O) groups excluding carboxylic acids is 1. The number of ketones is 1. The van der Waals surface area contributed by atoms with E-state index in [-0.39, 0.29) is 11.3 Å². The number of carbonyl (C=O) groups is 1. The second-order valence-corrected chi connectivity index (χ2v) is 4.25. The van der Waals surface area contributed by atoms with Gasteiger partial charge in [0.25, 0.3) is 0 Å². The number of thiocarbonyl (C=S) groups is 1. The highest BCUT2D eigenvalue weighted by molar-refractivity contribution is 7.78. The molecule has 0 radical (unpaired) electrons. The topological polar surface area (TPSA) is 17.1 Å². The molecule has 0 aliphatic heterocycles. The lowest BCUT2D eigenvalue weighted by atomic mass is 9.83. The number of hydrogen-bond donors (Lipinski definition) is 0. The Balaban J connectivity index is 4.13. The molecule has 1 nitrogen and oxygen atoms in total. The zero-order valence-electron chi connectivity index (χ0n) is 7.68. The van der Waals surface area contributed by atoms with Crippen molar-refractivity contribution in [1.82, 2.24) is 0 Å². The van der Waals surface area contributed by atoms with Crippen LogP contribution in [-0.4, -0.2) is 11.2 Å². The van der Waals surface area contributed by atoms with Crippen LogP contribution in [0, 0.1) is 11.3 Å². The van der Waals surface area contributed by atoms with Gasteiger partial charge in [-0.15, -0.1) is 0 Å². The van der Waals surface area contributed by atoms with Crippen molar-refractivity contribution in [2.45, 2.75) is 34.1 Å². The molecule has 0 spiro atoms. The monoisotopic (exact) mass is 172 g/mol. The van der Waals surface area contributed by atoms with Gasteiger partial charge in [0.2, 0.25) is 0 Å². The molecule has 0 aromatic heterocycles. The van der Waals surface area contributed by atoms with Crippen LogP contribution in [0.15, 0.2) is 0 Å². The average molecular weight is 172 g/mol. The van der Waals surface area contributed by atoms with Gasteiger partial charge in [0, 0.05) is 11.3 Å². The summed E-state index contributed by atoms with van der Waals surface area (Å²) in [6.07, 6.45) is 0.714. The molecular weight excluding hydrogens is 156 g/mol. The summed E-state index contributed by atoms with van der Waals surface area (Å²) in [5.41, 5.74) is -0.224. The standard InChI is InChI=1S/C9H16OS/c1-7(5-6-11)8(10)9(2,3)4/h6-7H,5H2,1-4H3. The normalized spacial score (nSPS) is 14.2. The Morgan fingerprint density at radius 1 is 1.55 bits per heavy atom. The maximum Gasteiger partial charge on any atom is 0.141 e. The largest absolute Gasteiger partial charge is 0.299 e. The van der Waals surface area contributed by atoms with E-state index in [0.717, 1.165) is 0 Å². The van der Waals surface area contributed by atoms with Gasteiger partial charge in [-0.3, -0.25) is 4.79 Å². The van der Waals surface area contributed by atoms with Crippen LogP contribution in [0.4, 0.5) is 0 Å². The van der Waals surface area contributed by atoms with Crippen molar-refractivity contribution in [2.75, 3.05) is 0 Å². The van der Waals surface area contributed by atoms with E-state index in [1.54, 1.807) is 5.37 Å². The fourth-order valence-electron chi connectivity index (χ4n) is 0.991. The molecule has 0 saturated carbocycles. The van der Waals surface area contributed by atoms with Gasteiger partial charge in [-0.2, -0.15) is 0 Å². The first-order valence-corrected chi connectivity index (χ1v) is 4.34. The van der Waals surface area contributed by atoms with E-state index in [2.05, 4.69) is 0 Å². The average Bonchev–Trinajstić information content (AvgIpc) is 1.85. The first kappa shape index (κ1) is 10.8. The second-order valence-electron chi connectivity index (χ2n) is 3.92. The fraction of sp³-hybridized carbons (Fsp3) is 0.778. The van der Waals surface area contributed by atoms with E-state index in [4.69, 9.17) is 12.2 Å². The zero-order valence-corrected chi connectivity index (χ0v) is 8.49. The maximum atomic E-state index is 11.5. The summed E-state index contributed by atoms with van der Waals surface area (Å²) >= 11 is 4.69. The van der Waals surface area contributed by atoms with Gasteiger partial charge in [0.05, 0.1) is 0 Å². The molecule has 0 fully saturated rings. The summed E-state index contributed by atoms with van der Waals surface area (Å²) in [4.78, 5) is 11.5. The lowest BCUT2D eigenvalue weighted by Gasteiger charge is -2.20. The smallest absolute Gasteiger partial charge is 0.141 e. The number of rotatable bonds is 3. The molecule has 0 aromatic rings. The van der Waals surface area contributed by atoms with Crippen LogP contribution in [0.5, 0.6) is 0 Å². The highest BCUT2D eigenvalue weighted by Crippen LogP contribution is 2.21. The number of hydrogen-bond acceptors (Lipinski definition) is 2. The van der Waals surface area contributed by atoms with Crippen molar-refractivity contribution in [3.8, 4) is 0 Å². The third kappa shape index (κ3) is 3.61. The predicted molar refractivity (Wildman–Crippen MR) is 51.9 cm³/mol. The van der Waals surface area contributed by atoms with Crippen molar-refractivity contribution >= 4 is 23.4 Å². The number of Topliss-reactive ketones (excluding diaryl/α,β-unsaturated/α-hetero) is 1. The predicted octanol–water partition coefficient (Wildman–Crippen LogP) is 2.63. The molecular formula is C9H16OS. The Morgan fingerprint density at radius 2 is 2.00 bits per heavy atom. The van der Waals surface area contributed by atoms with Crippen molar-refractivity contribution in [2.24, 2.45) is 11.3 Å². The Labute approximate surface area is 74.2 Å². The molecule has 0 N–H and O–H groups in total. The molecule has 64 valence electrons. The fourth-order valence-corrected chi connectivity index (χ4v) is 1.28. The van der Waals surface area contributed by atoms with Crippen molar-refractivity contribution in [3.63, 3.8) is 0 Å². The second kappa shape index (κ2) is 3.96. The molecule has 0 aliphatic rings. The Hall–Kier alpha value is -0.240. The van der Waals surface area contributed by atoms with E-state index in [9.17, 15) is 4.79 Å². The SMILES string of the molecule is CC(CC=S)C(=O)C(C)(C)C. The lowest BCUT2D eigenvalue weighted by molar-refractivity contribution is -0.129. The van der Waals surface area contributed by atoms with E-state index in [1.807, 2.05) is 27.7 Å². The van der Waals surface area contributed by atoms with Crippen LogP contribution < -0.4 is 0 Å². The molecule has 1 unspecified atom stereocenters. The van der Waals surface area contributed by atoms with Crippen LogP contribution in [0.2, 0.25) is 0 Å². The van der Waals surface area contributed by atoms with Crippen molar-refractivity contribution < 1.29 is 4.79 Å². The van der Waals surface area contributed by atoms with E-state index < -0.39 is 0 Å². The molecule has 1 atom stereocenters. The van der Waals surface area contributed by atoms with Gasteiger partial charge in [-0.25, -0.2) is 0 Å². The van der Waals surface area contributed by atoms with Gasteiger partial charge in [-0.05, 0) is 11.8 Å². The summed E-state index contributed by atoms with van der Waals surface area (Å²) in [5, 5.41) is 1.63. The quantitative estimate of drug-likeness (QED) is 0.609. The van der Waals surface area contributed by atoms with E-state index >= 15 is 0 Å². The maximum absolute atomic E-state index is 11.5. The zero-order chi connectivity index (χ0) is 9.07. The van der Waals surface area contributed by atoms with E-state index in [0.29, 0.717) is 12.2 Å². The van der Waals surface area contributed by atoms with Crippen LogP contribution >= 0.6 is 12.2 Å². The molecule has 0 amide bonds. The molecule has 2 heteroatoms. The third-order valence-electron chi connectivity index (χ3n) is 1.64. The first-order valence-electron chi connectivity index (χ1n) is 3.87. The van der Waals surface area contributed by atoms with Crippen molar-refractivity contribution in [3.05, 3.63) is 0 Å². The highest BCUT2D eigenvalue weighted by Gasteiger charge is 2.25. The van der Waals surface area contributed by atoms with Gasteiger partial charge >= 0.3 is 0 Å². The molecule has 0 heterocycles.